The fourth-order valence-electron chi connectivity index (χ4n) is 3.90. The molecule has 31 heavy (non-hydrogen) atoms. The lowest BCUT2D eigenvalue weighted by atomic mass is 10.0. The van der Waals surface area contributed by atoms with Crippen LogP contribution in [0.4, 0.5) is 16.0 Å². The van der Waals surface area contributed by atoms with Crippen molar-refractivity contribution in [3.8, 4) is 0 Å². The van der Waals surface area contributed by atoms with Crippen molar-refractivity contribution in [1.82, 2.24) is 20.3 Å². The van der Waals surface area contributed by atoms with E-state index in [9.17, 15) is 9.18 Å². The van der Waals surface area contributed by atoms with Gasteiger partial charge in [0, 0.05) is 30.1 Å². The number of fused-ring (bicyclic) bond motifs is 2. The van der Waals surface area contributed by atoms with Crippen molar-refractivity contribution in [2.75, 3.05) is 29.9 Å². The highest BCUT2D eigenvalue weighted by atomic mass is 32.1. The summed E-state index contributed by atoms with van der Waals surface area (Å²) in [5.74, 6) is 1.09. The molecule has 1 fully saturated rings. The van der Waals surface area contributed by atoms with E-state index in [0.29, 0.717) is 30.0 Å². The number of halogens is 1. The van der Waals surface area contributed by atoms with Crippen LogP contribution in [-0.2, 0) is 4.79 Å². The monoisotopic (exact) mass is 436 g/mol. The van der Waals surface area contributed by atoms with E-state index in [0.717, 1.165) is 27.0 Å². The summed E-state index contributed by atoms with van der Waals surface area (Å²) in [7, 11) is 0. The smallest absolute Gasteiger partial charge is 0.239 e. The van der Waals surface area contributed by atoms with Crippen molar-refractivity contribution < 1.29 is 9.18 Å². The summed E-state index contributed by atoms with van der Waals surface area (Å²) in [5.41, 5.74) is 2.07. The molecule has 1 aliphatic heterocycles. The predicted octanol–water partition coefficient (Wildman–Crippen LogP) is 3.80. The Morgan fingerprint density at radius 2 is 2.16 bits per heavy atom. The third kappa shape index (κ3) is 3.65. The minimum absolute atomic E-state index is 0.0504. The van der Waals surface area contributed by atoms with Crippen molar-refractivity contribution in [3.63, 3.8) is 0 Å². The van der Waals surface area contributed by atoms with E-state index in [2.05, 4.69) is 20.6 Å². The molecule has 4 aromatic rings. The molecular formula is C22H21FN6OS. The summed E-state index contributed by atoms with van der Waals surface area (Å²) >= 11 is 1.56. The Bertz CT molecular complexity index is 1310. The van der Waals surface area contributed by atoms with E-state index >= 15 is 0 Å². The van der Waals surface area contributed by atoms with Crippen LogP contribution in [0.2, 0.25) is 0 Å². The Hall–Kier alpha value is -3.33. The second-order valence-corrected chi connectivity index (χ2v) is 8.59. The topological polar surface area (TPSA) is 83.0 Å². The highest BCUT2D eigenvalue weighted by Gasteiger charge is 2.24. The second-order valence-electron chi connectivity index (χ2n) is 7.69. The lowest BCUT2D eigenvalue weighted by molar-refractivity contribution is -0.120. The molecule has 0 radical (unpaired) electrons. The Balaban J connectivity index is 1.60. The van der Waals surface area contributed by atoms with E-state index in [1.54, 1.807) is 24.6 Å². The van der Waals surface area contributed by atoms with Crippen molar-refractivity contribution in [2.45, 2.75) is 19.9 Å². The molecule has 7 nitrogen and oxygen atoms in total. The number of piperazine rings is 1. The fraction of sp³-hybridized carbons (Fsp3) is 0.273. The minimum atomic E-state index is -0.290. The average Bonchev–Trinajstić information content (AvgIpc) is 3.24. The zero-order valence-electron chi connectivity index (χ0n) is 17.1. The van der Waals surface area contributed by atoms with Crippen LogP contribution < -0.4 is 15.5 Å². The Morgan fingerprint density at radius 3 is 3.00 bits per heavy atom. The van der Waals surface area contributed by atoms with Crippen LogP contribution in [-0.4, -0.2) is 40.5 Å². The number of carbonyl (C=O) groups is 1. The summed E-state index contributed by atoms with van der Waals surface area (Å²) in [5, 5.41) is 10.1. The van der Waals surface area contributed by atoms with Gasteiger partial charge >= 0.3 is 0 Å². The van der Waals surface area contributed by atoms with Gasteiger partial charge in [-0.25, -0.2) is 19.3 Å². The molecule has 158 valence electrons. The van der Waals surface area contributed by atoms with Crippen molar-refractivity contribution in [1.29, 1.82) is 0 Å². The molecule has 4 heterocycles. The van der Waals surface area contributed by atoms with Gasteiger partial charge < -0.3 is 15.5 Å². The molecule has 1 amide bonds. The van der Waals surface area contributed by atoms with E-state index in [-0.39, 0.29) is 24.3 Å². The lowest BCUT2D eigenvalue weighted by Gasteiger charge is -2.31. The first kappa shape index (κ1) is 19.6. The summed E-state index contributed by atoms with van der Waals surface area (Å²) in [6, 6.07) is 7.14. The van der Waals surface area contributed by atoms with Gasteiger partial charge in [0.2, 0.25) is 5.91 Å². The van der Waals surface area contributed by atoms with Gasteiger partial charge in [-0.15, -0.1) is 11.3 Å². The number of aromatic nitrogens is 3. The van der Waals surface area contributed by atoms with Crippen LogP contribution in [0.25, 0.3) is 21.1 Å². The van der Waals surface area contributed by atoms with Crippen molar-refractivity contribution in [3.05, 3.63) is 52.9 Å². The Labute approximate surface area is 182 Å². The molecular weight excluding hydrogens is 415 g/mol. The number of anilines is 2. The normalized spacial score (nSPS) is 15.3. The van der Waals surface area contributed by atoms with Gasteiger partial charge in [0.1, 0.15) is 28.6 Å². The third-order valence-corrected chi connectivity index (χ3v) is 6.34. The van der Waals surface area contributed by atoms with Gasteiger partial charge in [0.05, 0.1) is 23.5 Å². The van der Waals surface area contributed by atoms with Crippen LogP contribution in [0.3, 0.4) is 0 Å². The summed E-state index contributed by atoms with van der Waals surface area (Å²) < 4.78 is 14.2. The molecule has 3 aromatic heterocycles. The summed E-state index contributed by atoms with van der Waals surface area (Å²) in [6.07, 6.45) is 1.55. The molecule has 2 N–H and O–H groups in total. The number of pyridine rings is 1. The van der Waals surface area contributed by atoms with Crippen LogP contribution in [0, 0.1) is 12.7 Å². The minimum Gasteiger partial charge on any atom is -0.363 e. The van der Waals surface area contributed by atoms with Gasteiger partial charge in [-0.05, 0) is 43.0 Å². The molecule has 5 rings (SSSR count). The van der Waals surface area contributed by atoms with Crippen LogP contribution in [0.1, 0.15) is 24.1 Å². The molecule has 0 aliphatic carbocycles. The largest absolute Gasteiger partial charge is 0.363 e. The predicted molar refractivity (Wildman–Crippen MR) is 121 cm³/mol. The highest BCUT2D eigenvalue weighted by molar-refractivity contribution is 7.16. The number of amides is 1. The van der Waals surface area contributed by atoms with E-state index in [1.165, 1.54) is 6.07 Å². The Morgan fingerprint density at radius 1 is 1.29 bits per heavy atom. The molecule has 0 spiro atoms. The number of nitrogens with zero attached hydrogens (tertiary/aromatic N) is 4. The number of thiophene rings is 1. The zero-order valence-corrected chi connectivity index (χ0v) is 18.0. The maximum absolute atomic E-state index is 14.2. The van der Waals surface area contributed by atoms with Gasteiger partial charge in [0.15, 0.2) is 0 Å². The molecule has 1 saturated heterocycles. The number of nitrogens with one attached hydrogen (secondary N) is 2. The van der Waals surface area contributed by atoms with E-state index in [1.807, 2.05) is 35.4 Å². The first-order chi connectivity index (χ1) is 15.0. The summed E-state index contributed by atoms with van der Waals surface area (Å²) in [4.78, 5) is 28.4. The average molecular weight is 437 g/mol. The first-order valence-electron chi connectivity index (χ1n) is 10.1. The highest BCUT2D eigenvalue weighted by Crippen LogP contribution is 2.33. The maximum atomic E-state index is 14.2. The SMILES string of the molecule is Cc1cc2cc([C@H](C)Nc3ncnc4sccc34)c(N3CCNC(=O)C3)nc2cc1F. The van der Waals surface area contributed by atoms with E-state index in [4.69, 9.17) is 4.98 Å². The first-order valence-corrected chi connectivity index (χ1v) is 10.9. The lowest BCUT2D eigenvalue weighted by Crippen LogP contribution is -2.48. The second kappa shape index (κ2) is 7.73. The van der Waals surface area contributed by atoms with Crippen LogP contribution in [0.15, 0.2) is 36.0 Å². The Kier molecular flexibility index (Phi) is 4.90. The molecule has 1 aliphatic rings. The van der Waals surface area contributed by atoms with Gasteiger partial charge in [0.25, 0.3) is 0 Å². The van der Waals surface area contributed by atoms with Crippen molar-refractivity contribution in [2.24, 2.45) is 0 Å². The molecule has 0 unspecified atom stereocenters. The number of hydrogen-bond acceptors (Lipinski definition) is 7. The molecule has 0 saturated carbocycles. The van der Waals surface area contributed by atoms with Crippen molar-refractivity contribution >= 4 is 50.0 Å². The number of hydrogen-bond donors (Lipinski definition) is 2. The van der Waals surface area contributed by atoms with Crippen LogP contribution >= 0.6 is 11.3 Å². The molecule has 9 heteroatoms. The molecule has 0 bridgehead atoms. The van der Waals surface area contributed by atoms with E-state index < -0.39 is 0 Å². The van der Waals surface area contributed by atoms with Gasteiger partial charge in [-0.3, -0.25) is 4.79 Å². The molecule has 1 atom stereocenters. The summed E-state index contributed by atoms with van der Waals surface area (Å²) in [6.45, 7) is 5.18. The van der Waals surface area contributed by atoms with Gasteiger partial charge in [-0.2, -0.15) is 0 Å². The number of carbonyl (C=O) groups excluding carboxylic acids is 1. The number of aryl methyl sites for hydroxylation is 1. The third-order valence-electron chi connectivity index (χ3n) is 5.52. The zero-order chi connectivity index (χ0) is 21.5. The molecule has 1 aromatic carbocycles. The number of rotatable bonds is 4. The van der Waals surface area contributed by atoms with Crippen LogP contribution in [0.5, 0.6) is 0 Å². The maximum Gasteiger partial charge on any atom is 0.239 e. The quantitative estimate of drug-likeness (QED) is 0.506. The number of benzene rings is 1. The standard InChI is InChI=1S/C22H21FN6OS/c1-12-7-14-8-16(13(2)27-20-15-3-6-31-22(15)26-11-25-20)21(28-18(14)9-17(12)23)29-5-4-24-19(30)10-29/h3,6-9,11,13H,4-5,10H2,1-2H3,(H,24,30)(H,25,26,27)/t13-/m0/s1. The van der Waals surface area contributed by atoms with Gasteiger partial charge in [-0.1, -0.05) is 0 Å². The fourth-order valence-corrected chi connectivity index (χ4v) is 4.63.